The highest BCUT2D eigenvalue weighted by Crippen LogP contribution is 2.20. The van der Waals surface area contributed by atoms with Crippen molar-refractivity contribution in [3.63, 3.8) is 0 Å². The second-order valence-corrected chi connectivity index (χ2v) is 3.97. The Labute approximate surface area is 103 Å². The molecule has 0 aromatic carbocycles. The number of hydrogen-bond acceptors (Lipinski definition) is 3. The molecule has 0 radical (unpaired) electrons. The SMILES string of the molecule is CCCCOC1=CC=CC(C=CC(=O)OC)C1. The minimum atomic E-state index is -0.318. The van der Waals surface area contributed by atoms with Crippen LogP contribution < -0.4 is 0 Å². The van der Waals surface area contributed by atoms with Crippen LogP contribution in [-0.2, 0) is 14.3 Å². The van der Waals surface area contributed by atoms with Crippen molar-refractivity contribution >= 4 is 5.97 Å². The topological polar surface area (TPSA) is 35.5 Å². The third kappa shape index (κ3) is 5.38. The fourth-order valence-electron chi connectivity index (χ4n) is 1.53. The molecule has 17 heavy (non-hydrogen) atoms. The van der Waals surface area contributed by atoms with Gasteiger partial charge in [-0.1, -0.05) is 31.6 Å². The van der Waals surface area contributed by atoms with Gasteiger partial charge in [-0.2, -0.15) is 0 Å². The molecular weight excluding hydrogens is 216 g/mol. The molecule has 0 aromatic heterocycles. The summed E-state index contributed by atoms with van der Waals surface area (Å²) in [4.78, 5) is 11.0. The zero-order valence-electron chi connectivity index (χ0n) is 10.5. The lowest BCUT2D eigenvalue weighted by Gasteiger charge is -2.16. The Bertz CT molecular complexity index is 326. The number of hydrogen-bond donors (Lipinski definition) is 0. The van der Waals surface area contributed by atoms with E-state index in [1.807, 2.05) is 24.3 Å². The maximum Gasteiger partial charge on any atom is 0.330 e. The third-order valence-electron chi connectivity index (χ3n) is 2.54. The molecule has 0 saturated carbocycles. The van der Waals surface area contributed by atoms with E-state index in [9.17, 15) is 4.79 Å². The number of methoxy groups -OCH3 is 1. The van der Waals surface area contributed by atoms with Crippen molar-refractivity contribution in [2.45, 2.75) is 26.2 Å². The highest BCUT2D eigenvalue weighted by Gasteiger charge is 2.10. The fourth-order valence-corrected chi connectivity index (χ4v) is 1.53. The molecule has 0 heterocycles. The van der Waals surface area contributed by atoms with Gasteiger partial charge < -0.3 is 9.47 Å². The van der Waals surface area contributed by atoms with E-state index in [1.54, 1.807) is 0 Å². The van der Waals surface area contributed by atoms with Gasteiger partial charge in [0.15, 0.2) is 0 Å². The Morgan fingerprint density at radius 2 is 2.41 bits per heavy atom. The van der Waals surface area contributed by atoms with Crippen molar-refractivity contribution in [1.29, 1.82) is 0 Å². The van der Waals surface area contributed by atoms with E-state index in [2.05, 4.69) is 11.7 Å². The zero-order chi connectivity index (χ0) is 12.5. The number of ether oxygens (including phenoxy) is 2. The van der Waals surface area contributed by atoms with E-state index in [0.717, 1.165) is 31.6 Å². The van der Waals surface area contributed by atoms with Crippen molar-refractivity contribution in [1.82, 2.24) is 0 Å². The van der Waals surface area contributed by atoms with Gasteiger partial charge in [-0.3, -0.25) is 0 Å². The summed E-state index contributed by atoms with van der Waals surface area (Å²) >= 11 is 0. The molecule has 1 atom stereocenters. The number of carbonyl (C=O) groups excluding carboxylic acids is 1. The molecule has 0 N–H and O–H groups in total. The molecule has 0 spiro atoms. The second-order valence-electron chi connectivity index (χ2n) is 3.97. The first-order chi connectivity index (χ1) is 8.26. The largest absolute Gasteiger partial charge is 0.498 e. The van der Waals surface area contributed by atoms with Crippen molar-refractivity contribution in [3.05, 3.63) is 36.1 Å². The van der Waals surface area contributed by atoms with Gasteiger partial charge in [0.05, 0.1) is 19.5 Å². The first-order valence-corrected chi connectivity index (χ1v) is 6.02. The van der Waals surface area contributed by atoms with Gasteiger partial charge in [0.1, 0.15) is 0 Å². The molecule has 3 heteroatoms. The van der Waals surface area contributed by atoms with Crippen molar-refractivity contribution < 1.29 is 14.3 Å². The lowest BCUT2D eigenvalue weighted by molar-refractivity contribution is -0.134. The predicted molar refractivity (Wildman–Crippen MR) is 67.3 cm³/mol. The maximum absolute atomic E-state index is 11.0. The predicted octanol–water partition coefficient (Wildman–Crippen LogP) is 2.99. The highest BCUT2D eigenvalue weighted by molar-refractivity contribution is 5.81. The van der Waals surface area contributed by atoms with Crippen molar-refractivity contribution in [2.75, 3.05) is 13.7 Å². The summed E-state index contributed by atoms with van der Waals surface area (Å²) < 4.78 is 10.2. The molecule has 1 aliphatic carbocycles. The van der Waals surface area contributed by atoms with Crippen LogP contribution in [-0.4, -0.2) is 19.7 Å². The van der Waals surface area contributed by atoms with Gasteiger partial charge in [0.25, 0.3) is 0 Å². The van der Waals surface area contributed by atoms with E-state index in [1.165, 1.54) is 13.2 Å². The average molecular weight is 236 g/mol. The Balaban J connectivity index is 2.38. The molecule has 94 valence electrons. The monoisotopic (exact) mass is 236 g/mol. The molecule has 0 saturated heterocycles. The lowest BCUT2D eigenvalue weighted by atomic mass is 9.99. The van der Waals surface area contributed by atoms with Crippen LogP contribution in [0.2, 0.25) is 0 Å². The Morgan fingerprint density at radius 3 is 3.12 bits per heavy atom. The summed E-state index contributed by atoms with van der Waals surface area (Å²) in [5.74, 6) is 0.887. The quantitative estimate of drug-likeness (QED) is 0.404. The molecule has 0 aliphatic heterocycles. The molecule has 0 bridgehead atoms. The molecule has 0 fully saturated rings. The Morgan fingerprint density at radius 1 is 1.59 bits per heavy atom. The summed E-state index contributed by atoms with van der Waals surface area (Å²) in [5, 5.41) is 0. The average Bonchev–Trinajstić information content (AvgIpc) is 2.37. The first kappa shape index (κ1) is 13.6. The van der Waals surface area contributed by atoms with E-state index in [-0.39, 0.29) is 11.9 Å². The highest BCUT2D eigenvalue weighted by atomic mass is 16.5. The summed E-state index contributed by atoms with van der Waals surface area (Å²) in [6, 6.07) is 0. The number of carbonyl (C=O) groups is 1. The lowest BCUT2D eigenvalue weighted by Crippen LogP contribution is -2.04. The van der Waals surface area contributed by atoms with Crippen LogP contribution in [0.4, 0.5) is 0 Å². The number of allylic oxidation sites excluding steroid dienone is 5. The van der Waals surface area contributed by atoms with Crippen LogP contribution in [0.1, 0.15) is 26.2 Å². The van der Waals surface area contributed by atoms with Crippen LogP contribution in [0.3, 0.4) is 0 Å². The van der Waals surface area contributed by atoms with Crippen LogP contribution in [0, 0.1) is 5.92 Å². The first-order valence-electron chi connectivity index (χ1n) is 6.02. The number of rotatable bonds is 6. The smallest absolute Gasteiger partial charge is 0.330 e. The van der Waals surface area contributed by atoms with Crippen molar-refractivity contribution in [3.8, 4) is 0 Å². The zero-order valence-corrected chi connectivity index (χ0v) is 10.5. The van der Waals surface area contributed by atoms with E-state index in [4.69, 9.17) is 4.74 Å². The van der Waals surface area contributed by atoms with Gasteiger partial charge >= 0.3 is 5.97 Å². The minimum Gasteiger partial charge on any atom is -0.498 e. The maximum atomic E-state index is 11.0. The standard InChI is InChI=1S/C14H20O3/c1-3-4-10-17-13-7-5-6-12(11-13)8-9-14(15)16-2/h5-9,12H,3-4,10-11H2,1-2H3. The molecule has 1 aliphatic rings. The molecule has 0 aromatic rings. The van der Waals surface area contributed by atoms with Crippen LogP contribution >= 0.6 is 0 Å². The summed E-state index contributed by atoms with van der Waals surface area (Å²) in [6.45, 7) is 2.91. The van der Waals surface area contributed by atoms with Crippen LogP contribution in [0.25, 0.3) is 0 Å². The van der Waals surface area contributed by atoms with Gasteiger partial charge in [0, 0.05) is 18.4 Å². The Hall–Kier alpha value is -1.51. The number of unbranched alkanes of at least 4 members (excludes halogenated alkanes) is 1. The van der Waals surface area contributed by atoms with Crippen LogP contribution in [0.15, 0.2) is 36.1 Å². The molecule has 3 nitrogen and oxygen atoms in total. The molecular formula is C14H20O3. The van der Waals surface area contributed by atoms with E-state index in [0.29, 0.717) is 0 Å². The number of esters is 1. The Kier molecular flexibility index (Phi) is 6.15. The van der Waals surface area contributed by atoms with E-state index >= 15 is 0 Å². The summed E-state index contributed by atoms with van der Waals surface area (Å²) in [5.41, 5.74) is 0. The normalized spacial score (nSPS) is 19.2. The van der Waals surface area contributed by atoms with Gasteiger partial charge in [-0.15, -0.1) is 0 Å². The summed E-state index contributed by atoms with van der Waals surface area (Å²) in [7, 11) is 1.38. The fraction of sp³-hybridized carbons (Fsp3) is 0.500. The van der Waals surface area contributed by atoms with Crippen LogP contribution in [0.5, 0.6) is 0 Å². The third-order valence-corrected chi connectivity index (χ3v) is 2.54. The van der Waals surface area contributed by atoms with Crippen molar-refractivity contribution in [2.24, 2.45) is 5.92 Å². The van der Waals surface area contributed by atoms with Gasteiger partial charge in [0.2, 0.25) is 0 Å². The van der Waals surface area contributed by atoms with Gasteiger partial charge in [-0.25, -0.2) is 4.79 Å². The minimum absolute atomic E-state index is 0.218. The molecule has 1 unspecified atom stereocenters. The van der Waals surface area contributed by atoms with E-state index < -0.39 is 0 Å². The molecule has 1 rings (SSSR count). The summed E-state index contributed by atoms with van der Waals surface area (Å²) in [6.07, 6.45) is 12.3. The van der Waals surface area contributed by atoms with Gasteiger partial charge in [-0.05, 0) is 12.5 Å². The second kappa shape index (κ2) is 7.71. The molecule has 0 amide bonds.